The van der Waals surface area contributed by atoms with Crippen LogP contribution in [-0.2, 0) is 0 Å². The van der Waals surface area contributed by atoms with Gasteiger partial charge in [0.1, 0.15) is 10.4 Å². The molecule has 92 valence electrons. The van der Waals surface area contributed by atoms with Crippen LogP contribution < -0.4 is 0 Å². The molecule has 2 nitrogen and oxygen atoms in total. The third kappa shape index (κ3) is 2.32. The van der Waals surface area contributed by atoms with Crippen molar-refractivity contribution in [3.8, 4) is 11.3 Å². The Morgan fingerprint density at radius 1 is 1.11 bits per heavy atom. The van der Waals surface area contributed by atoms with E-state index in [2.05, 4.69) is 53.0 Å². The molecular formula is C15H15BrN2. The molecule has 1 saturated carbocycles. The molecule has 0 aliphatic heterocycles. The zero-order chi connectivity index (χ0) is 12.7. The normalized spacial score (nSPS) is 14.8. The number of benzene rings is 1. The van der Waals surface area contributed by atoms with E-state index in [4.69, 9.17) is 4.98 Å². The van der Waals surface area contributed by atoms with Crippen LogP contribution in [0.15, 0.2) is 28.9 Å². The van der Waals surface area contributed by atoms with E-state index in [1.54, 1.807) is 0 Å². The quantitative estimate of drug-likeness (QED) is 0.768. The standard InChI is InChI=1S/C15H15BrN2/c1-9-3-4-10(2)12(7-9)13-8-14(16)18-15(17-13)11-5-6-11/h3-4,7-8,11H,5-6H2,1-2H3. The van der Waals surface area contributed by atoms with Crippen molar-refractivity contribution in [2.45, 2.75) is 32.6 Å². The second-order valence-electron chi connectivity index (χ2n) is 5.03. The van der Waals surface area contributed by atoms with Crippen molar-refractivity contribution in [1.82, 2.24) is 9.97 Å². The molecule has 3 heteroatoms. The monoisotopic (exact) mass is 302 g/mol. The number of aromatic nitrogens is 2. The van der Waals surface area contributed by atoms with Gasteiger partial charge in [-0.05, 0) is 60.3 Å². The average molecular weight is 303 g/mol. The van der Waals surface area contributed by atoms with Crippen molar-refractivity contribution >= 4 is 15.9 Å². The van der Waals surface area contributed by atoms with Crippen LogP contribution in [0, 0.1) is 13.8 Å². The Morgan fingerprint density at radius 2 is 1.89 bits per heavy atom. The summed E-state index contributed by atoms with van der Waals surface area (Å²) in [5.74, 6) is 1.56. The minimum absolute atomic E-state index is 0.575. The number of nitrogens with zero attached hydrogens (tertiary/aromatic N) is 2. The molecule has 0 unspecified atom stereocenters. The molecule has 1 aromatic carbocycles. The fourth-order valence-corrected chi connectivity index (χ4v) is 2.51. The summed E-state index contributed by atoms with van der Waals surface area (Å²) in [4.78, 5) is 9.21. The number of aryl methyl sites for hydroxylation is 2. The first-order valence-electron chi connectivity index (χ1n) is 6.25. The van der Waals surface area contributed by atoms with E-state index in [0.29, 0.717) is 5.92 Å². The summed E-state index contributed by atoms with van der Waals surface area (Å²) in [6.45, 7) is 4.24. The van der Waals surface area contributed by atoms with Gasteiger partial charge < -0.3 is 0 Å². The smallest absolute Gasteiger partial charge is 0.133 e. The van der Waals surface area contributed by atoms with E-state index in [1.807, 2.05) is 6.07 Å². The molecule has 1 fully saturated rings. The van der Waals surface area contributed by atoms with E-state index in [9.17, 15) is 0 Å². The first kappa shape index (κ1) is 11.8. The van der Waals surface area contributed by atoms with Gasteiger partial charge in [-0.15, -0.1) is 0 Å². The summed E-state index contributed by atoms with van der Waals surface area (Å²) in [6, 6.07) is 8.49. The summed E-state index contributed by atoms with van der Waals surface area (Å²) in [5.41, 5.74) is 4.76. The lowest BCUT2D eigenvalue weighted by Gasteiger charge is -2.08. The van der Waals surface area contributed by atoms with Gasteiger partial charge in [0.2, 0.25) is 0 Å². The van der Waals surface area contributed by atoms with Crippen molar-refractivity contribution in [1.29, 1.82) is 0 Å². The maximum atomic E-state index is 4.73. The van der Waals surface area contributed by atoms with E-state index in [-0.39, 0.29) is 0 Å². The Labute approximate surface area is 116 Å². The Morgan fingerprint density at radius 3 is 2.61 bits per heavy atom. The lowest BCUT2D eigenvalue weighted by Crippen LogP contribution is -1.97. The second-order valence-corrected chi connectivity index (χ2v) is 5.84. The minimum Gasteiger partial charge on any atom is -0.233 e. The van der Waals surface area contributed by atoms with Crippen LogP contribution in [0.4, 0.5) is 0 Å². The molecule has 1 aliphatic carbocycles. The van der Waals surface area contributed by atoms with Crippen molar-refractivity contribution in [2.24, 2.45) is 0 Å². The summed E-state index contributed by atoms with van der Waals surface area (Å²) in [5, 5.41) is 0. The summed E-state index contributed by atoms with van der Waals surface area (Å²) < 4.78 is 0.885. The Hall–Kier alpha value is -1.22. The molecule has 3 rings (SSSR count). The van der Waals surface area contributed by atoms with Gasteiger partial charge in [-0.1, -0.05) is 17.7 Å². The van der Waals surface area contributed by atoms with Crippen LogP contribution >= 0.6 is 15.9 Å². The molecule has 18 heavy (non-hydrogen) atoms. The molecule has 1 heterocycles. The van der Waals surface area contributed by atoms with Gasteiger partial charge in [0.25, 0.3) is 0 Å². The number of halogens is 1. The van der Waals surface area contributed by atoms with Crippen molar-refractivity contribution < 1.29 is 0 Å². The topological polar surface area (TPSA) is 25.8 Å². The largest absolute Gasteiger partial charge is 0.233 e. The van der Waals surface area contributed by atoms with Crippen molar-refractivity contribution in [2.75, 3.05) is 0 Å². The molecule has 0 N–H and O–H groups in total. The lowest BCUT2D eigenvalue weighted by atomic mass is 10.0. The second kappa shape index (κ2) is 4.47. The van der Waals surface area contributed by atoms with Crippen molar-refractivity contribution in [3.05, 3.63) is 45.8 Å². The average Bonchev–Trinajstić information content (AvgIpc) is 3.15. The number of hydrogen-bond donors (Lipinski definition) is 0. The number of rotatable bonds is 2. The van der Waals surface area contributed by atoms with Gasteiger partial charge in [-0.2, -0.15) is 0 Å². The van der Waals surface area contributed by atoms with Gasteiger partial charge in [-0.3, -0.25) is 0 Å². The third-order valence-corrected chi connectivity index (χ3v) is 3.73. The third-order valence-electron chi connectivity index (χ3n) is 3.32. The van der Waals surface area contributed by atoms with Crippen LogP contribution in [0.25, 0.3) is 11.3 Å². The molecule has 0 amide bonds. The highest BCUT2D eigenvalue weighted by molar-refractivity contribution is 9.10. The van der Waals surface area contributed by atoms with E-state index in [0.717, 1.165) is 16.1 Å². The van der Waals surface area contributed by atoms with Crippen LogP contribution in [0.1, 0.15) is 35.7 Å². The lowest BCUT2D eigenvalue weighted by molar-refractivity contribution is 0.919. The highest BCUT2D eigenvalue weighted by atomic mass is 79.9. The Balaban J connectivity index is 2.12. The molecule has 0 saturated heterocycles. The van der Waals surface area contributed by atoms with Gasteiger partial charge in [0.15, 0.2) is 0 Å². The van der Waals surface area contributed by atoms with Crippen molar-refractivity contribution in [3.63, 3.8) is 0 Å². The van der Waals surface area contributed by atoms with Gasteiger partial charge >= 0.3 is 0 Å². The maximum Gasteiger partial charge on any atom is 0.133 e. The summed E-state index contributed by atoms with van der Waals surface area (Å²) in [6.07, 6.45) is 2.45. The predicted molar refractivity (Wildman–Crippen MR) is 76.6 cm³/mol. The fraction of sp³-hybridized carbons (Fsp3) is 0.333. The van der Waals surface area contributed by atoms with Crippen LogP contribution in [0.5, 0.6) is 0 Å². The highest BCUT2D eigenvalue weighted by Gasteiger charge is 2.27. The first-order valence-corrected chi connectivity index (χ1v) is 7.05. The molecule has 1 aromatic heterocycles. The zero-order valence-electron chi connectivity index (χ0n) is 10.6. The molecular weight excluding hydrogens is 288 g/mol. The Bertz CT molecular complexity index is 603. The zero-order valence-corrected chi connectivity index (χ0v) is 12.2. The molecule has 0 spiro atoms. The predicted octanol–water partition coefficient (Wildman–Crippen LogP) is 4.40. The minimum atomic E-state index is 0.575. The maximum absolute atomic E-state index is 4.73. The highest BCUT2D eigenvalue weighted by Crippen LogP contribution is 2.39. The van der Waals surface area contributed by atoms with Crippen LogP contribution in [-0.4, -0.2) is 9.97 Å². The van der Waals surface area contributed by atoms with Crippen LogP contribution in [0.3, 0.4) is 0 Å². The Kier molecular flexibility index (Phi) is 2.94. The van der Waals surface area contributed by atoms with Gasteiger partial charge in [-0.25, -0.2) is 9.97 Å². The first-order chi connectivity index (χ1) is 8.63. The van der Waals surface area contributed by atoms with Crippen LogP contribution in [0.2, 0.25) is 0 Å². The molecule has 0 radical (unpaired) electrons. The van der Waals surface area contributed by atoms with Gasteiger partial charge in [0, 0.05) is 11.5 Å². The van der Waals surface area contributed by atoms with E-state index in [1.165, 1.54) is 29.5 Å². The fourth-order valence-electron chi connectivity index (χ4n) is 2.11. The SMILES string of the molecule is Cc1ccc(C)c(-c2cc(Br)nc(C3CC3)n2)c1. The molecule has 1 aliphatic rings. The van der Waals surface area contributed by atoms with E-state index < -0.39 is 0 Å². The summed E-state index contributed by atoms with van der Waals surface area (Å²) in [7, 11) is 0. The molecule has 2 aromatic rings. The van der Waals surface area contributed by atoms with E-state index >= 15 is 0 Å². The number of hydrogen-bond acceptors (Lipinski definition) is 2. The molecule has 0 atom stereocenters. The van der Waals surface area contributed by atoms with Gasteiger partial charge in [0.05, 0.1) is 5.69 Å². The molecule has 0 bridgehead atoms. The summed E-state index contributed by atoms with van der Waals surface area (Å²) >= 11 is 3.50.